The molecule has 26 heavy (non-hydrogen) atoms. The molecule has 1 heterocycles. The third-order valence-electron chi connectivity index (χ3n) is 4.57. The largest absolute Gasteiger partial charge is 0.469 e. The Balaban J connectivity index is 1.93. The van der Waals surface area contributed by atoms with Gasteiger partial charge in [-0.05, 0) is 37.8 Å². The van der Waals surface area contributed by atoms with Crippen LogP contribution in [0.5, 0.6) is 0 Å². The number of methoxy groups -OCH3 is 1. The predicted octanol–water partition coefficient (Wildman–Crippen LogP) is 2.57. The molecule has 144 valence electrons. The molecular weight excluding hydrogens is 330 g/mol. The Morgan fingerprint density at radius 3 is 2.42 bits per heavy atom. The summed E-state index contributed by atoms with van der Waals surface area (Å²) in [4.78, 5) is 18.7. The number of nitrogens with one attached hydrogen (secondary N) is 1. The maximum absolute atomic E-state index is 11.7. The van der Waals surface area contributed by atoms with Gasteiger partial charge >= 0.3 is 5.97 Å². The Morgan fingerprint density at radius 2 is 1.85 bits per heavy atom. The standard InChI is InChI=1S/C20H31N3O3/c1-4-21-20(23-12-10-18(11-13-23)19(24)25-3)22-14-16-6-8-17(9-7-16)15-26-5-2/h6-9,18H,4-5,10-15H2,1-3H3,(H,21,22). The third kappa shape index (κ3) is 6.02. The quantitative estimate of drug-likeness (QED) is 0.459. The van der Waals surface area contributed by atoms with E-state index in [1.165, 1.54) is 18.2 Å². The summed E-state index contributed by atoms with van der Waals surface area (Å²) in [6, 6.07) is 8.39. The molecule has 1 N–H and O–H groups in total. The fraction of sp³-hybridized carbons (Fsp3) is 0.600. The molecule has 0 unspecified atom stereocenters. The maximum Gasteiger partial charge on any atom is 0.308 e. The first-order chi connectivity index (χ1) is 12.7. The van der Waals surface area contributed by atoms with E-state index in [0.29, 0.717) is 13.2 Å². The van der Waals surface area contributed by atoms with Crippen LogP contribution in [0, 0.1) is 5.92 Å². The van der Waals surface area contributed by atoms with Gasteiger partial charge in [0.25, 0.3) is 0 Å². The Bertz CT molecular complexity index is 578. The fourth-order valence-corrected chi connectivity index (χ4v) is 3.05. The van der Waals surface area contributed by atoms with E-state index in [0.717, 1.165) is 45.0 Å². The van der Waals surface area contributed by atoms with Gasteiger partial charge in [0.1, 0.15) is 0 Å². The van der Waals surface area contributed by atoms with E-state index >= 15 is 0 Å². The van der Waals surface area contributed by atoms with E-state index in [1.807, 2.05) is 6.92 Å². The van der Waals surface area contributed by atoms with E-state index in [4.69, 9.17) is 14.5 Å². The molecule has 0 bridgehead atoms. The average Bonchev–Trinajstić information content (AvgIpc) is 2.70. The number of carbonyl (C=O) groups excluding carboxylic acids is 1. The lowest BCUT2D eigenvalue weighted by Crippen LogP contribution is -2.46. The number of carbonyl (C=O) groups is 1. The van der Waals surface area contributed by atoms with Crippen molar-refractivity contribution in [2.45, 2.75) is 39.8 Å². The molecule has 0 aliphatic carbocycles. The van der Waals surface area contributed by atoms with Crippen LogP contribution in [0.25, 0.3) is 0 Å². The number of benzene rings is 1. The van der Waals surface area contributed by atoms with Gasteiger partial charge in [-0.15, -0.1) is 0 Å². The van der Waals surface area contributed by atoms with Gasteiger partial charge in [-0.25, -0.2) is 4.99 Å². The van der Waals surface area contributed by atoms with E-state index in [2.05, 4.69) is 41.4 Å². The molecule has 1 aliphatic rings. The molecule has 0 amide bonds. The summed E-state index contributed by atoms with van der Waals surface area (Å²) in [6.07, 6.45) is 1.62. The van der Waals surface area contributed by atoms with Gasteiger partial charge in [0.15, 0.2) is 5.96 Å². The molecule has 6 nitrogen and oxygen atoms in total. The number of guanidine groups is 1. The minimum Gasteiger partial charge on any atom is -0.469 e. The highest BCUT2D eigenvalue weighted by molar-refractivity contribution is 5.80. The lowest BCUT2D eigenvalue weighted by atomic mass is 9.97. The topological polar surface area (TPSA) is 63.2 Å². The number of rotatable bonds is 7. The van der Waals surface area contributed by atoms with Crippen LogP contribution in [0.2, 0.25) is 0 Å². The van der Waals surface area contributed by atoms with E-state index in [-0.39, 0.29) is 11.9 Å². The second-order valence-corrected chi connectivity index (χ2v) is 6.41. The molecule has 2 rings (SSSR count). The van der Waals surface area contributed by atoms with Crippen molar-refractivity contribution in [1.29, 1.82) is 0 Å². The SMILES string of the molecule is CCNC(=NCc1ccc(COCC)cc1)N1CCC(C(=O)OC)CC1. The van der Waals surface area contributed by atoms with E-state index in [1.54, 1.807) is 0 Å². The summed E-state index contributed by atoms with van der Waals surface area (Å²) in [6.45, 7) is 8.54. The van der Waals surface area contributed by atoms with Crippen LogP contribution < -0.4 is 5.32 Å². The van der Waals surface area contributed by atoms with E-state index in [9.17, 15) is 4.79 Å². The first-order valence-corrected chi connectivity index (χ1v) is 9.44. The number of nitrogens with zero attached hydrogens (tertiary/aromatic N) is 2. The first-order valence-electron chi connectivity index (χ1n) is 9.44. The number of piperidine rings is 1. The molecule has 1 saturated heterocycles. The van der Waals surface area contributed by atoms with Gasteiger partial charge < -0.3 is 19.7 Å². The molecule has 1 aromatic carbocycles. The van der Waals surface area contributed by atoms with Crippen molar-refractivity contribution in [3.05, 3.63) is 35.4 Å². The monoisotopic (exact) mass is 361 g/mol. The molecule has 0 saturated carbocycles. The molecule has 0 radical (unpaired) electrons. The zero-order valence-corrected chi connectivity index (χ0v) is 16.2. The smallest absolute Gasteiger partial charge is 0.308 e. The van der Waals surface area contributed by atoms with Crippen LogP contribution in [0.3, 0.4) is 0 Å². The van der Waals surface area contributed by atoms with E-state index < -0.39 is 0 Å². The van der Waals surface area contributed by atoms with Crippen LogP contribution >= 0.6 is 0 Å². The predicted molar refractivity (Wildman–Crippen MR) is 103 cm³/mol. The molecule has 1 fully saturated rings. The number of ether oxygens (including phenoxy) is 2. The van der Waals surface area contributed by atoms with Crippen molar-refractivity contribution in [3.8, 4) is 0 Å². The van der Waals surface area contributed by atoms with Crippen LogP contribution in [0.4, 0.5) is 0 Å². The molecule has 0 spiro atoms. The fourth-order valence-electron chi connectivity index (χ4n) is 3.05. The molecule has 6 heteroatoms. The van der Waals surface area contributed by atoms with Crippen LogP contribution in [-0.2, 0) is 27.4 Å². The van der Waals surface area contributed by atoms with Crippen molar-refractivity contribution in [1.82, 2.24) is 10.2 Å². The third-order valence-corrected chi connectivity index (χ3v) is 4.57. The zero-order chi connectivity index (χ0) is 18.8. The van der Waals surface area contributed by atoms with Gasteiger partial charge in [-0.1, -0.05) is 24.3 Å². The Kier molecular flexibility index (Phi) is 8.41. The maximum atomic E-state index is 11.7. The summed E-state index contributed by atoms with van der Waals surface area (Å²) in [5.41, 5.74) is 2.35. The zero-order valence-electron chi connectivity index (χ0n) is 16.2. The van der Waals surface area contributed by atoms with Crippen LogP contribution in [0.15, 0.2) is 29.3 Å². The Labute approximate surface area is 156 Å². The molecule has 1 aromatic rings. The average molecular weight is 361 g/mol. The minimum atomic E-state index is -0.0984. The summed E-state index contributed by atoms with van der Waals surface area (Å²) in [5, 5.41) is 3.36. The van der Waals surface area contributed by atoms with Crippen molar-refractivity contribution < 1.29 is 14.3 Å². The van der Waals surface area contributed by atoms with Crippen molar-refractivity contribution in [2.75, 3.05) is 33.4 Å². The summed E-state index contributed by atoms with van der Waals surface area (Å²) in [7, 11) is 1.46. The van der Waals surface area contributed by atoms with Gasteiger partial charge in [-0.3, -0.25) is 4.79 Å². The summed E-state index contributed by atoms with van der Waals surface area (Å²) < 4.78 is 10.3. The van der Waals surface area contributed by atoms with Crippen molar-refractivity contribution in [2.24, 2.45) is 10.9 Å². The second-order valence-electron chi connectivity index (χ2n) is 6.41. The number of hydrogen-bond donors (Lipinski definition) is 1. The minimum absolute atomic E-state index is 0.0111. The number of aliphatic imine (C=N–C) groups is 1. The molecule has 1 aliphatic heterocycles. The van der Waals surface area contributed by atoms with Crippen LogP contribution in [-0.4, -0.2) is 50.2 Å². The number of likely N-dealkylation sites (tertiary alicyclic amines) is 1. The van der Waals surface area contributed by atoms with Crippen molar-refractivity contribution >= 4 is 11.9 Å². The number of esters is 1. The highest BCUT2D eigenvalue weighted by Gasteiger charge is 2.26. The van der Waals surface area contributed by atoms with Gasteiger partial charge in [-0.2, -0.15) is 0 Å². The van der Waals surface area contributed by atoms with Gasteiger partial charge in [0, 0.05) is 26.2 Å². The Morgan fingerprint density at radius 1 is 1.19 bits per heavy atom. The highest BCUT2D eigenvalue weighted by Crippen LogP contribution is 2.18. The first kappa shape index (κ1) is 20.2. The van der Waals surface area contributed by atoms with Crippen LogP contribution in [0.1, 0.15) is 37.8 Å². The normalized spacial score (nSPS) is 15.8. The van der Waals surface area contributed by atoms with Gasteiger partial charge in [0.2, 0.25) is 0 Å². The lowest BCUT2D eigenvalue weighted by Gasteiger charge is -2.33. The van der Waals surface area contributed by atoms with Crippen molar-refractivity contribution in [3.63, 3.8) is 0 Å². The Hall–Kier alpha value is -2.08. The van der Waals surface area contributed by atoms with Gasteiger partial charge in [0.05, 0.1) is 26.2 Å². The molecule has 0 aromatic heterocycles. The summed E-state index contributed by atoms with van der Waals surface area (Å²) in [5.74, 6) is 0.824. The molecular formula is C20H31N3O3. The molecule has 0 atom stereocenters. The number of hydrogen-bond acceptors (Lipinski definition) is 4. The lowest BCUT2D eigenvalue weighted by molar-refractivity contribution is -0.146. The highest BCUT2D eigenvalue weighted by atomic mass is 16.5. The summed E-state index contributed by atoms with van der Waals surface area (Å²) >= 11 is 0. The second kappa shape index (κ2) is 10.8.